The molecule has 0 aliphatic heterocycles. The Labute approximate surface area is 196 Å². The third-order valence-electron chi connectivity index (χ3n) is 4.49. The third kappa shape index (κ3) is 5.92. The minimum atomic E-state index is -4.03. The Bertz CT molecular complexity index is 1180. The molecule has 31 heavy (non-hydrogen) atoms. The molecule has 3 rings (SSSR count). The van der Waals surface area contributed by atoms with E-state index >= 15 is 0 Å². The summed E-state index contributed by atoms with van der Waals surface area (Å²) in [4.78, 5) is 12.7. The predicted molar refractivity (Wildman–Crippen MR) is 125 cm³/mol. The van der Waals surface area contributed by atoms with Gasteiger partial charge in [-0.15, -0.1) is 0 Å². The summed E-state index contributed by atoms with van der Waals surface area (Å²) < 4.78 is 27.7. The molecule has 0 atom stereocenters. The van der Waals surface area contributed by atoms with Gasteiger partial charge in [-0.05, 0) is 55.0 Å². The fourth-order valence-corrected chi connectivity index (χ4v) is 4.61. The molecule has 3 aromatic rings. The second kappa shape index (κ2) is 9.92. The molecule has 162 valence electrons. The van der Waals surface area contributed by atoms with Crippen molar-refractivity contribution >= 4 is 56.4 Å². The number of sulfonamides is 1. The Morgan fingerprint density at radius 3 is 2.16 bits per heavy atom. The number of carbonyl (C=O) groups excluding carboxylic acids is 1. The smallest absolute Gasteiger partial charge is 0.264 e. The number of nitrogens with one attached hydrogen (secondary N) is 1. The molecule has 1 amide bonds. The van der Waals surface area contributed by atoms with Crippen LogP contribution in [0.3, 0.4) is 0 Å². The van der Waals surface area contributed by atoms with Crippen LogP contribution in [-0.4, -0.2) is 20.9 Å². The van der Waals surface area contributed by atoms with Crippen molar-refractivity contribution in [1.82, 2.24) is 5.32 Å². The van der Waals surface area contributed by atoms with Crippen molar-refractivity contribution in [3.63, 3.8) is 0 Å². The van der Waals surface area contributed by atoms with E-state index < -0.39 is 22.5 Å². The number of benzene rings is 3. The van der Waals surface area contributed by atoms with Gasteiger partial charge in [-0.2, -0.15) is 0 Å². The lowest BCUT2D eigenvalue weighted by Gasteiger charge is -2.24. The Morgan fingerprint density at radius 1 is 0.903 bits per heavy atom. The van der Waals surface area contributed by atoms with E-state index in [1.165, 1.54) is 30.3 Å². The van der Waals surface area contributed by atoms with Gasteiger partial charge in [0.25, 0.3) is 10.0 Å². The normalized spacial score (nSPS) is 11.2. The van der Waals surface area contributed by atoms with Crippen molar-refractivity contribution in [3.05, 3.63) is 92.9 Å². The van der Waals surface area contributed by atoms with Crippen molar-refractivity contribution in [2.24, 2.45) is 0 Å². The first kappa shape index (κ1) is 23.4. The molecule has 0 radical (unpaired) electrons. The zero-order valence-corrected chi connectivity index (χ0v) is 19.6. The number of halogens is 3. The van der Waals surface area contributed by atoms with E-state index in [9.17, 15) is 13.2 Å². The Hall–Kier alpha value is -2.25. The third-order valence-corrected chi connectivity index (χ3v) is 7.27. The van der Waals surface area contributed by atoms with Gasteiger partial charge in [0, 0.05) is 11.6 Å². The first-order valence-corrected chi connectivity index (χ1v) is 11.8. The molecule has 5 nitrogen and oxygen atoms in total. The fourth-order valence-electron chi connectivity index (χ4n) is 2.78. The molecule has 0 saturated carbocycles. The van der Waals surface area contributed by atoms with Crippen LogP contribution in [0, 0.1) is 6.92 Å². The van der Waals surface area contributed by atoms with Gasteiger partial charge in [-0.3, -0.25) is 9.10 Å². The first-order chi connectivity index (χ1) is 14.7. The molecular formula is C22H19Cl3N2O3S. The maximum absolute atomic E-state index is 13.3. The van der Waals surface area contributed by atoms with E-state index in [4.69, 9.17) is 34.8 Å². The molecule has 0 heterocycles. The lowest BCUT2D eigenvalue weighted by molar-refractivity contribution is -0.119. The average molecular weight is 498 g/mol. The molecule has 0 aliphatic rings. The number of nitrogens with zero attached hydrogens (tertiary/aromatic N) is 1. The van der Waals surface area contributed by atoms with Crippen LogP contribution in [0.5, 0.6) is 0 Å². The second-order valence-corrected chi connectivity index (χ2v) is 9.94. The quantitative estimate of drug-likeness (QED) is 0.471. The van der Waals surface area contributed by atoms with Crippen molar-refractivity contribution in [1.29, 1.82) is 0 Å². The topological polar surface area (TPSA) is 66.5 Å². The minimum Gasteiger partial charge on any atom is -0.350 e. The van der Waals surface area contributed by atoms with Crippen molar-refractivity contribution < 1.29 is 13.2 Å². The maximum atomic E-state index is 13.3. The summed E-state index contributed by atoms with van der Waals surface area (Å²) >= 11 is 18.0. The number of carbonyl (C=O) groups is 1. The average Bonchev–Trinajstić information content (AvgIpc) is 2.74. The Balaban J connectivity index is 1.88. The number of rotatable bonds is 7. The lowest BCUT2D eigenvalue weighted by atomic mass is 10.2. The molecule has 0 unspecified atom stereocenters. The summed E-state index contributed by atoms with van der Waals surface area (Å²) in [6.45, 7) is 1.66. The van der Waals surface area contributed by atoms with E-state index in [1.54, 1.807) is 36.4 Å². The summed E-state index contributed by atoms with van der Waals surface area (Å²) in [6, 6.07) is 17.8. The van der Waals surface area contributed by atoms with Crippen molar-refractivity contribution in [2.75, 3.05) is 10.8 Å². The molecule has 0 aromatic heterocycles. The van der Waals surface area contributed by atoms with Gasteiger partial charge in [0.1, 0.15) is 6.54 Å². The van der Waals surface area contributed by atoms with Gasteiger partial charge in [0.05, 0.1) is 20.6 Å². The van der Waals surface area contributed by atoms with E-state index in [-0.39, 0.29) is 27.2 Å². The number of anilines is 1. The number of aryl methyl sites for hydroxylation is 1. The molecule has 3 aromatic carbocycles. The van der Waals surface area contributed by atoms with Crippen LogP contribution in [0.2, 0.25) is 15.1 Å². The van der Waals surface area contributed by atoms with Gasteiger partial charge < -0.3 is 5.32 Å². The highest BCUT2D eigenvalue weighted by Gasteiger charge is 2.27. The Morgan fingerprint density at radius 2 is 1.55 bits per heavy atom. The van der Waals surface area contributed by atoms with Crippen LogP contribution in [-0.2, 0) is 21.4 Å². The van der Waals surface area contributed by atoms with E-state index in [1.807, 2.05) is 6.92 Å². The summed E-state index contributed by atoms with van der Waals surface area (Å²) in [5, 5.41) is 3.79. The number of hydrogen-bond donors (Lipinski definition) is 1. The van der Waals surface area contributed by atoms with Crippen LogP contribution in [0.25, 0.3) is 0 Å². The van der Waals surface area contributed by atoms with Gasteiger partial charge in [-0.25, -0.2) is 8.42 Å². The zero-order valence-electron chi connectivity index (χ0n) is 16.5. The van der Waals surface area contributed by atoms with Crippen LogP contribution in [0.15, 0.2) is 71.6 Å². The van der Waals surface area contributed by atoms with Crippen LogP contribution in [0.4, 0.5) is 5.69 Å². The van der Waals surface area contributed by atoms with Crippen LogP contribution >= 0.6 is 34.8 Å². The van der Waals surface area contributed by atoms with E-state index in [0.29, 0.717) is 5.02 Å². The predicted octanol–water partition coefficient (Wildman–Crippen LogP) is 5.47. The fraction of sp³-hybridized carbons (Fsp3) is 0.136. The molecular weight excluding hydrogens is 479 g/mol. The molecule has 0 aliphatic carbocycles. The lowest BCUT2D eigenvalue weighted by Crippen LogP contribution is -2.40. The summed E-state index contributed by atoms with van der Waals surface area (Å²) in [5.41, 5.74) is 1.98. The van der Waals surface area contributed by atoms with Gasteiger partial charge >= 0.3 is 0 Å². The van der Waals surface area contributed by atoms with Crippen LogP contribution < -0.4 is 9.62 Å². The van der Waals surface area contributed by atoms with Gasteiger partial charge in [0.2, 0.25) is 5.91 Å². The minimum absolute atomic E-state index is 0.0645. The first-order valence-electron chi connectivity index (χ1n) is 9.22. The number of hydrogen-bond acceptors (Lipinski definition) is 3. The van der Waals surface area contributed by atoms with E-state index in [2.05, 4.69) is 5.32 Å². The molecule has 9 heteroatoms. The summed E-state index contributed by atoms with van der Waals surface area (Å²) in [7, 11) is -4.03. The number of amides is 1. The molecule has 1 N–H and O–H groups in total. The standard InChI is InChI=1S/C22H19Cl3N2O3S/c1-15-2-9-19(10-3-15)31(29,30)27(18-8-11-20(24)21(25)12-18)14-22(28)26-13-16-4-6-17(23)7-5-16/h2-12H,13-14H2,1H3,(H,26,28). The highest BCUT2D eigenvalue weighted by Crippen LogP contribution is 2.30. The highest BCUT2D eigenvalue weighted by atomic mass is 35.5. The molecule has 0 bridgehead atoms. The van der Waals surface area contributed by atoms with Crippen molar-refractivity contribution in [2.45, 2.75) is 18.4 Å². The molecule has 0 spiro atoms. The molecule has 0 fully saturated rings. The highest BCUT2D eigenvalue weighted by molar-refractivity contribution is 7.92. The summed E-state index contributed by atoms with van der Waals surface area (Å²) in [5.74, 6) is -0.475. The van der Waals surface area contributed by atoms with Crippen molar-refractivity contribution in [3.8, 4) is 0 Å². The van der Waals surface area contributed by atoms with Gasteiger partial charge in [-0.1, -0.05) is 64.6 Å². The summed E-state index contributed by atoms with van der Waals surface area (Å²) in [6.07, 6.45) is 0. The van der Waals surface area contributed by atoms with Crippen LogP contribution in [0.1, 0.15) is 11.1 Å². The maximum Gasteiger partial charge on any atom is 0.264 e. The Kier molecular flexibility index (Phi) is 7.49. The monoisotopic (exact) mass is 496 g/mol. The van der Waals surface area contributed by atoms with E-state index in [0.717, 1.165) is 15.4 Å². The second-order valence-electron chi connectivity index (χ2n) is 6.83. The largest absolute Gasteiger partial charge is 0.350 e. The molecule has 0 saturated heterocycles. The zero-order chi connectivity index (χ0) is 22.6. The SMILES string of the molecule is Cc1ccc(S(=O)(=O)N(CC(=O)NCc2ccc(Cl)cc2)c2ccc(Cl)c(Cl)c2)cc1. The van der Waals surface area contributed by atoms with Gasteiger partial charge in [0.15, 0.2) is 0 Å².